The first kappa shape index (κ1) is 37.0. The van der Waals surface area contributed by atoms with Crippen LogP contribution in [0.15, 0.2) is 175 Å². The third-order valence-electron chi connectivity index (χ3n) is 12.9. The predicted octanol–water partition coefficient (Wildman–Crippen LogP) is 15.3. The lowest BCUT2D eigenvalue weighted by atomic mass is 9.79. The van der Waals surface area contributed by atoms with Crippen LogP contribution in [0.4, 0.5) is 0 Å². The normalized spacial score (nSPS) is 15.0. The molecule has 1 fully saturated rings. The van der Waals surface area contributed by atoms with Crippen molar-refractivity contribution in [2.24, 2.45) is 0 Å². The highest BCUT2D eigenvalue weighted by molar-refractivity contribution is 6.62. The summed E-state index contributed by atoms with van der Waals surface area (Å²) in [7, 11) is -0.418. The fourth-order valence-corrected chi connectivity index (χ4v) is 9.12. The van der Waals surface area contributed by atoms with Crippen molar-refractivity contribution in [3.05, 3.63) is 163 Å². The lowest BCUT2D eigenvalue weighted by molar-refractivity contribution is 0.00578. The summed E-state index contributed by atoms with van der Waals surface area (Å²) in [6.07, 6.45) is 0. The Labute approximate surface area is 361 Å². The van der Waals surface area contributed by atoms with Crippen molar-refractivity contribution in [2.75, 3.05) is 0 Å². The molecule has 0 bridgehead atoms. The summed E-state index contributed by atoms with van der Waals surface area (Å²) < 4.78 is 37.2. The zero-order valence-corrected chi connectivity index (χ0v) is 35.2. The summed E-state index contributed by atoms with van der Waals surface area (Å²) in [5, 5.41) is 9.49. The van der Waals surface area contributed by atoms with Gasteiger partial charge in [-0.15, -0.1) is 0 Å². The van der Waals surface area contributed by atoms with Crippen LogP contribution in [0.25, 0.3) is 110 Å². The molecule has 0 atom stereocenters. The predicted molar refractivity (Wildman–Crippen MR) is 254 cm³/mol. The molecule has 0 radical (unpaired) electrons. The summed E-state index contributed by atoms with van der Waals surface area (Å²) in [6.45, 7) is 8.27. The van der Waals surface area contributed by atoms with E-state index in [1.54, 1.807) is 0 Å². The van der Waals surface area contributed by atoms with Crippen molar-refractivity contribution < 1.29 is 27.0 Å². The van der Waals surface area contributed by atoms with E-state index in [4.69, 9.17) is 38.6 Å². The van der Waals surface area contributed by atoms with E-state index in [1.165, 1.54) is 0 Å². The molecule has 1 aliphatic rings. The van der Waals surface area contributed by atoms with Gasteiger partial charge in [-0.2, -0.15) is 0 Å². The molecule has 1 aliphatic heterocycles. The highest BCUT2D eigenvalue weighted by atomic mass is 35.5. The molecule has 1 saturated heterocycles. The van der Waals surface area contributed by atoms with Gasteiger partial charge >= 0.3 is 7.12 Å². The molecule has 8 heteroatoms. The highest BCUT2D eigenvalue weighted by Gasteiger charge is 2.51. The SMILES string of the molecule is CC1(C)OB(c2ccc3c(c2)oc2ccc(-c4cccc5c4oc4ccccc45)cc23)OC1(C)C.Clc1ccc2c(c1)oc1ccc(-c3cccc4c3oc3ccccc34)cc12. The molecule has 13 rings (SSSR count). The van der Waals surface area contributed by atoms with Gasteiger partial charge < -0.3 is 27.0 Å². The Balaban J connectivity index is 0.000000137. The minimum Gasteiger partial charge on any atom is -0.456 e. The maximum Gasteiger partial charge on any atom is 0.494 e. The van der Waals surface area contributed by atoms with Gasteiger partial charge in [0.2, 0.25) is 0 Å². The Hall–Kier alpha value is -6.77. The van der Waals surface area contributed by atoms with Crippen LogP contribution in [0.5, 0.6) is 0 Å². The minimum atomic E-state index is -0.418. The van der Waals surface area contributed by atoms with Gasteiger partial charge in [0.15, 0.2) is 0 Å². The van der Waals surface area contributed by atoms with E-state index in [1.807, 2.05) is 72.8 Å². The van der Waals surface area contributed by atoms with Gasteiger partial charge in [0, 0.05) is 65.3 Å². The number of halogens is 1. The van der Waals surface area contributed by atoms with Crippen LogP contribution < -0.4 is 5.46 Å². The van der Waals surface area contributed by atoms with Gasteiger partial charge in [-0.1, -0.05) is 109 Å². The van der Waals surface area contributed by atoms with E-state index >= 15 is 0 Å². The summed E-state index contributed by atoms with van der Waals surface area (Å²) >= 11 is 6.11. The molecular formula is C54H38BClO6. The Morgan fingerprint density at radius 1 is 0.371 bits per heavy atom. The number of furan rings is 4. The summed E-state index contributed by atoms with van der Waals surface area (Å²) in [5.74, 6) is 0. The molecular weight excluding hydrogens is 791 g/mol. The molecule has 0 spiro atoms. The monoisotopic (exact) mass is 828 g/mol. The van der Waals surface area contributed by atoms with Crippen LogP contribution >= 0.6 is 11.6 Å². The summed E-state index contributed by atoms with van der Waals surface area (Å²) in [6, 6.07) is 53.5. The fraction of sp³-hybridized carbons (Fsp3) is 0.111. The lowest BCUT2D eigenvalue weighted by Gasteiger charge is -2.32. The first-order valence-electron chi connectivity index (χ1n) is 20.8. The van der Waals surface area contributed by atoms with Crippen LogP contribution in [0.2, 0.25) is 5.02 Å². The van der Waals surface area contributed by atoms with Crippen LogP contribution in [0.1, 0.15) is 27.7 Å². The molecule has 4 aromatic heterocycles. The minimum absolute atomic E-state index is 0.382. The molecule has 300 valence electrons. The Kier molecular flexibility index (Phi) is 8.13. The topological polar surface area (TPSA) is 71.0 Å². The Morgan fingerprint density at radius 3 is 1.37 bits per heavy atom. The first-order valence-corrected chi connectivity index (χ1v) is 21.2. The molecule has 0 amide bonds. The second-order valence-corrected chi connectivity index (χ2v) is 17.6. The lowest BCUT2D eigenvalue weighted by Crippen LogP contribution is -2.41. The van der Waals surface area contributed by atoms with Gasteiger partial charge in [0.05, 0.1) is 11.2 Å². The van der Waals surface area contributed by atoms with Crippen molar-refractivity contribution >= 4 is 112 Å². The highest BCUT2D eigenvalue weighted by Crippen LogP contribution is 2.41. The van der Waals surface area contributed by atoms with Crippen LogP contribution in [-0.2, 0) is 9.31 Å². The molecule has 0 aliphatic carbocycles. The maximum absolute atomic E-state index is 6.27. The molecule has 0 N–H and O–H groups in total. The average molecular weight is 829 g/mol. The number of benzene rings is 8. The standard InChI is InChI=1S/C30H25BO4.C24H13ClO2/c1-29(2)30(3,4)35-31(34-29)19-13-14-22-24-16-18(12-15-26(24)32-27(22)17-19)20-9-7-10-23-21-8-5-6-11-25(21)33-28(20)23;25-15-9-10-18-20-12-14(8-11-22(20)26-23(18)13-15)16-5-3-6-19-17-4-1-2-7-21(17)27-24(16)19/h5-17H,1-4H3;1-13H. The van der Waals surface area contributed by atoms with E-state index in [2.05, 4.69) is 113 Å². The maximum atomic E-state index is 6.27. The first-order chi connectivity index (χ1) is 30.1. The summed E-state index contributed by atoms with van der Waals surface area (Å²) in [5.41, 5.74) is 11.5. The molecule has 62 heavy (non-hydrogen) atoms. The van der Waals surface area contributed by atoms with Crippen LogP contribution in [0.3, 0.4) is 0 Å². The third-order valence-corrected chi connectivity index (χ3v) is 13.1. The number of rotatable bonds is 3. The number of hydrogen-bond donors (Lipinski definition) is 0. The van der Waals surface area contributed by atoms with Crippen molar-refractivity contribution in [3.8, 4) is 22.3 Å². The molecule has 5 heterocycles. The molecule has 0 saturated carbocycles. The van der Waals surface area contributed by atoms with E-state index in [0.29, 0.717) is 5.02 Å². The van der Waals surface area contributed by atoms with Crippen molar-refractivity contribution in [3.63, 3.8) is 0 Å². The third kappa shape index (κ3) is 5.80. The quantitative estimate of drug-likeness (QED) is 0.165. The van der Waals surface area contributed by atoms with Gasteiger partial charge in [0.25, 0.3) is 0 Å². The molecule has 8 aromatic carbocycles. The van der Waals surface area contributed by atoms with Gasteiger partial charge in [-0.25, -0.2) is 0 Å². The van der Waals surface area contributed by atoms with Gasteiger partial charge in [-0.05, 0) is 98.9 Å². The van der Waals surface area contributed by atoms with E-state index in [9.17, 15) is 0 Å². The second-order valence-electron chi connectivity index (χ2n) is 17.2. The van der Waals surface area contributed by atoms with E-state index < -0.39 is 7.12 Å². The molecule has 6 nitrogen and oxygen atoms in total. The van der Waals surface area contributed by atoms with E-state index in [0.717, 1.165) is 115 Å². The zero-order valence-electron chi connectivity index (χ0n) is 34.4. The van der Waals surface area contributed by atoms with Crippen molar-refractivity contribution in [1.82, 2.24) is 0 Å². The van der Waals surface area contributed by atoms with E-state index in [-0.39, 0.29) is 11.2 Å². The average Bonchev–Trinajstić information content (AvgIpc) is 4.08. The summed E-state index contributed by atoms with van der Waals surface area (Å²) in [4.78, 5) is 0. The number of fused-ring (bicyclic) bond motifs is 12. The van der Waals surface area contributed by atoms with Gasteiger partial charge in [-0.3, -0.25) is 0 Å². The number of para-hydroxylation sites is 4. The van der Waals surface area contributed by atoms with Gasteiger partial charge in [0.1, 0.15) is 44.7 Å². The zero-order chi connectivity index (χ0) is 41.9. The van der Waals surface area contributed by atoms with Crippen LogP contribution in [-0.4, -0.2) is 18.3 Å². The smallest absolute Gasteiger partial charge is 0.456 e. The second kappa shape index (κ2) is 13.6. The molecule has 12 aromatic rings. The fourth-order valence-electron chi connectivity index (χ4n) is 8.95. The number of hydrogen-bond acceptors (Lipinski definition) is 6. The van der Waals surface area contributed by atoms with Crippen LogP contribution in [0, 0.1) is 0 Å². The Morgan fingerprint density at radius 2 is 0.823 bits per heavy atom. The van der Waals surface area contributed by atoms with Crippen molar-refractivity contribution in [1.29, 1.82) is 0 Å². The van der Waals surface area contributed by atoms with Crippen molar-refractivity contribution in [2.45, 2.75) is 38.9 Å². The molecule has 0 unspecified atom stereocenters. The Bertz CT molecular complexity index is 3740. The largest absolute Gasteiger partial charge is 0.494 e.